The lowest BCUT2D eigenvalue weighted by Crippen LogP contribution is -2.28. The Kier molecular flexibility index (Phi) is 6.76. The first-order chi connectivity index (χ1) is 15.5. The van der Waals surface area contributed by atoms with Gasteiger partial charge in [-0.3, -0.25) is 14.4 Å². The van der Waals surface area contributed by atoms with E-state index in [4.69, 9.17) is 0 Å². The molecule has 2 N–H and O–H groups in total. The van der Waals surface area contributed by atoms with Gasteiger partial charge < -0.3 is 15.5 Å². The van der Waals surface area contributed by atoms with E-state index >= 15 is 0 Å². The summed E-state index contributed by atoms with van der Waals surface area (Å²) in [5.74, 6) is -1.44. The van der Waals surface area contributed by atoms with E-state index in [1.54, 1.807) is 4.90 Å². The van der Waals surface area contributed by atoms with Crippen molar-refractivity contribution in [2.45, 2.75) is 10.8 Å². The first kappa shape index (κ1) is 21.9. The first-order valence-electron chi connectivity index (χ1n) is 9.66. The second kappa shape index (κ2) is 9.88. The molecule has 0 saturated carbocycles. The summed E-state index contributed by atoms with van der Waals surface area (Å²) < 4.78 is 13.4. The summed E-state index contributed by atoms with van der Waals surface area (Å²) >= 11 is 2.32. The lowest BCUT2D eigenvalue weighted by atomic mass is 10.1. The van der Waals surface area contributed by atoms with Crippen molar-refractivity contribution >= 4 is 57.3 Å². The zero-order valence-electron chi connectivity index (χ0n) is 16.7. The molecular formula is C21H18FN5O3S2. The number of hydrogen-bond donors (Lipinski definition) is 2. The molecule has 3 aromatic rings. The predicted octanol–water partition coefficient (Wildman–Crippen LogP) is 3.40. The Morgan fingerprint density at radius 3 is 2.59 bits per heavy atom. The van der Waals surface area contributed by atoms with Gasteiger partial charge in [-0.2, -0.15) is 0 Å². The largest absolute Gasteiger partial charge is 0.325 e. The van der Waals surface area contributed by atoms with Crippen molar-refractivity contribution < 1.29 is 18.8 Å². The fraction of sp³-hybridized carbons (Fsp3) is 0.190. The third-order valence-electron chi connectivity index (χ3n) is 4.66. The molecule has 3 amide bonds. The smallest absolute Gasteiger partial charge is 0.234 e. The molecule has 0 bridgehead atoms. The number of anilines is 3. The summed E-state index contributed by atoms with van der Waals surface area (Å²) in [6.45, 7) is 0.304. The maximum atomic E-state index is 12.9. The molecule has 8 nitrogen and oxygen atoms in total. The minimum absolute atomic E-state index is 0.0864. The Labute approximate surface area is 191 Å². The van der Waals surface area contributed by atoms with Crippen molar-refractivity contribution in [1.82, 2.24) is 10.2 Å². The molecule has 2 aromatic carbocycles. The van der Waals surface area contributed by atoms with Gasteiger partial charge >= 0.3 is 0 Å². The topological polar surface area (TPSA) is 104 Å². The number of rotatable bonds is 7. The van der Waals surface area contributed by atoms with Crippen LogP contribution < -0.4 is 15.5 Å². The molecule has 1 aromatic heterocycles. The maximum Gasteiger partial charge on any atom is 0.234 e. The number of benzene rings is 2. The van der Waals surface area contributed by atoms with Gasteiger partial charge in [-0.25, -0.2) is 4.39 Å². The third kappa shape index (κ3) is 5.48. The molecule has 0 aliphatic carbocycles. The highest BCUT2D eigenvalue weighted by Gasteiger charge is 2.35. The molecule has 4 rings (SSSR count). The Morgan fingerprint density at radius 2 is 1.84 bits per heavy atom. The average Bonchev–Trinajstić information content (AvgIpc) is 3.41. The number of nitrogens with zero attached hydrogens (tertiary/aromatic N) is 3. The van der Waals surface area contributed by atoms with E-state index in [-0.39, 0.29) is 35.7 Å². The lowest BCUT2D eigenvalue weighted by molar-refractivity contribution is -0.122. The van der Waals surface area contributed by atoms with Gasteiger partial charge in [0.15, 0.2) is 4.34 Å². The highest BCUT2D eigenvalue weighted by atomic mass is 32.2. The van der Waals surface area contributed by atoms with Crippen molar-refractivity contribution in [2.75, 3.05) is 27.8 Å². The predicted molar refractivity (Wildman–Crippen MR) is 121 cm³/mol. The minimum atomic E-state index is -0.482. The van der Waals surface area contributed by atoms with Gasteiger partial charge in [0.05, 0.1) is 11.7 Å². The number of carbonyl (C=O) groups is 3. The molecule has 0 spiro atoms. The summed E-state index contributed by atoms with van der Waals surface area (Å²) in [7, 11) is 0. The van der Waals surface area contributed by atoms with Crippen molar-refractivity contribution in [3.05, 3.63) is 60.4 Å². The molecule has 32 heavy (non-hydrogen) atoms. The van der Waals surface area contributed by atoms with E-state index in [1.807, 2.05) is 30.3 Å². The molecule has 11 heteroatoms. The van der Waals surface area contributed by atoms with Gasteiger partial charge in [-0.15, -0.1) is 10.2 Å². The van der Waals surface area contributed by atoms with E-state index in [2.05, 4.69) is 20.8 Å². The van der Waals surface area contributed by atoms with Crippen LogP contribution in [-0.4, -0.2) is 40.2 Å². The summed E-state index contributed by atoms with van der Waals surface area (Å²) in [4.78, 5) is 38.5. The molecule has 2 heterocycles. The number of amides is 3. The van der Waals surface area contributed by atoms with Crippen LogP contribution in [0.5, 0.6) is 0 Å². The standard InChI is InChI=1S/C21H18FN5O3S2/c22-14-6-8-15(9-7-14)23-17(28)12-31-21-26-25-20(32-21)24-19(30)13-10-18(29)27(11-13)16-4-2-1-3-5-16/h1-9,13H,10-12H2,(H,23,28)(H,24,25,30). The van der Waals surface area contributed by atoms with Crippen LogP contribution in [0.1, 0.15) is 6.42 Å². The Morgan fingerprint density at radius 1 is 1.09 bits per heavy atom. The highest BCUT2D eigenvalue weighted by molar-refractivity contribution is 8.01. The van der Waals surface area contributed by atoms with Gasteiger partial charge in [0, 0.05) is 24.3 Å². The van der Waals surface area contributed by atoms with Crippen LogP contribution in [0.3, 0.4) is 0 Å². The fourth-order valence-corrected chi connectivity index (χ4v) is 4.68. The second-order valence-electron chi connectivity index (χ2n) is 6.95. The molecule has 1 unspecified atom stereocenters. The van der Waals surface area contributed by atoms with Gasteiger partial charge in [-0.05, 0) is 36.4 Å². The van der Waals surface area contributed by atoms with E-state index in [9.17, 15) is 18.8 Å². The Hall–Kier alpha value is -3.31. The molecule has 0 radical (unpaired) electrons. The molecule has 1 atom stereocenters. The normalized spacial score (nSPS) is 15.6. The zero-order chi connectivity index (χ0) is 22.5. The van der Waals surface area contributed by atoms with E-state index in [1.165, 1.54) is 36.0 Å². The number of nitrogens with one attached hydrogen (secondary N) is 2. The van der Waals surface area contributed by atoms with E-state index in [0.29, 0.717) is 21.7 Å². The van der Waals surface area contributed by atoms with Crippen LogP contribution >= 0.6 is 23.1 Å². The quantitative estimate of drug-likeness (QED) is 0.404. The van der Waals surface area contributed by atoms with E-state index in [0.717, 1.165) is 17.0 Å². The van der Waals surface area contributed by atoms with Crippen LogP contribution in [0, 0.1) is 11.7 Å². The monoisotopic (exact) mass is 471 g/mol. The van der Waals surface area contributed by atoms with Gasteiger partial charge in [0.25, 0.3) is 0 Å². The summed E-state index contributed by atoms with van der Waals surface area (Å²) in [5, 5.41) is 13.6. The number of halogens is 1. The second-order valence-corrected chi connectivity index (χ2v) is 9.15. The van der Waals surface area contributed by atoms with Crippen LogP contribution in [0.2, 0.25) is 0 Å². The molecule has 1 fully saturated rings. The van der Waals surface area contributed by atoms with Crippen molar-refractivity contribution in [3.63, 3.8) is 0 Å². The number of hydrogen-bond acceptors (Lipinski definition) is 7. The number of aromatic nitrogens is 2. The van der Waals surface area contributed by atoms with Crippen molar-refractivity contribution in [3.8, 4) is 0 Å². The van der Waals surface area contributed by atoms with Crippen molar-refractivity contribution in [1.29, 1.82) is 0 Å². The minimum Gasteiger partial charge on any atom is -0.325 e. The Balaban J connectivity index is 1.26. The highest BCUT2D eigenvalue weighted by Crippen LogP contribution is 2.28. The number of thioether (sulfide) groups is 1. The molecule has 1 saturated heterocycles. The fourth-order valence-electron chi connectivity index (χ4n) is 3.12. The van der Waals surface area contributed by atoms with E-state index < -0.39 is 5.92 Å². The molecule has 1 aliphatic rings. The summed E-state index contributed by atoms with van der Waals surface area (Å²) in [6.07, 6.45) is 0.130. The Bertz CT molecular complexity index is 1120. The number of para-hydroxylation sites is 1. The van der Waals surface area contributed by atoms with Crippen LogP contribution in [0.25, 0.3) is 0 Å². The average molecular weight is 472 g/mol. The molecular weight excluding hydrogens is 453 g/mol. The molecule has 1 aliphatic heterocycles. The summed E-state index contributed by atoms with van der Waals surface area (Å²) in [6, 6.07) is 14.7. The van der Waals surface area contributed by atoms with Crippen LogP contribution in [0.4, 0.5) is 20.9 Å². The molecule has 164 valence electrons. The number of carbonyl (C=O) groups excluding carboxylic acids is 3. The summed E-state index contributed by atoms with van der Waals surface area (Å²) in [5.41, 5.74) is 1.26. The SMILES string of the molecule is O=C(CSc1nnc(NC(=O)C2CC(=O)N(c3ccccc3)C2)s1)Nc1ccc(F)cc1. The van der Waals surface area contributed by atoms with Gasteiger partial charge in [-0.1, -0.05) is 41.3 Å². The lowest BCUT2D eigenvalue weighted by Gasteiger charge is -2.16. The van der Waals surface area contributed by atoms with Gasteiger partial charge in [0.2, 0.25) is 22.9 Å². The van der Waals surface area contributed by atoms with Crippen LogP contribution in [-0.2, 0) is 14.4 Å². The van der Waals surface area contributed by atoms with Crippen molar-refractivity contribution in [2.24, 2.45) is 5.92 Å². The van der Waals surface area contributed by atoms with Gasteiger partial charge in [0.1, 0.15) is 5.82 Å². The van der Waals surface area contributed by atoms with Crippen LogP contribution in [0.15, 0.2) is 58.9 Å². The third-order valence-corrected chi connectivity index (χ3v) is 6.63. The maximum absolute atomic E-state index is 12.9. The first-order valence-corrected chi connectivity index (χ1v) is 11.5. The zero-order valence-corrected chi connectivity index (χ0v) is 18.3.